The largest absolute Gasteiger partial charge is 0.505 e. The Balaban J connectivity index is 1.52. The molecule has 0 bridgehead atoms. The minimum Gasteiger partial charge on any atom is -0.505 e. The molecule has 2 aromatic rings. The van der Waals surface area contributed by atoms with Crippen molar-refractivity contribution < 1.29 is 19.0 Å². The predicted octanol–water partition coefficient (Wildman–Crippen LogP) is 4.55. The van der Waals surface area contributed by atoms with Crippen LogP contribution in [0.2, 0.25) is 5.02 Å². The average Bonchev–Trinajstić information content (AvgIpc) is 3.38. The number of amides is 2. The first kappa shape index (κ1) is 23.9. The molecule has 35 heavy (non-hydrogen) atoms. The number of benzene rings is 1. The molecule has 0 spiro atoms. The molecule has 0 saturated heterocycles. The Bertz CT molecular complexity index is 1120. The number of hydrogen-bond donors (Lipinski definition) is 3. The number of nitrogens with two attached hydrogens (primary N) is 1. The highest BCUT2D eigenvalue weighted by Crippen LogP contribution is 2.45. The summed E-state index contributed by atoms with van der Waals surface area (Å²) >= 11 is 6.42. The normalized spacial score (nSPS) is 22.9. The van der Waals surface area contributed by atoms with Crippen LogP contribution in [0.25, 0.3) is 0 Å². The number of carbonyl (C=O) groups excluding carboxylic acids is 1. The van der Waals surface area contributed by atoms with Gasteiger partial charge in [0.15, 0.2) is 11.6 Å². The van der Waals surface area contributed by atoms with Crippen molar-refractivity contribution in [3.8, 4) is 11.5 Å². The number of fused-ring (bicyclic) bond motifs is 1. The van der Waals surface area contributed by atoms with Gasteiger partial charge in [0.25, 0.3) is 0 Å². The minimum absolute atomic E-state index is 0.0131. The van der Waals surface area contributed by atoms with Gasteiger partial charge in [-0.05, 0) is 38.5 Å². The molecule has 2 aliphatic carbocycles. The second kappa shape index (κ2) is 9.66. The Morgan fingerprint density at radius 1 is 1.23 bits per heavy atom. The second-order valence-corrected chi connectivity index (χ2v) is 9.93. The van der Waals surface area contributed by atoms with Crippen LogP contribution in [0.4, 0.5) is 26.6 Å². The fraction of sp³-hybridized carbons (Fsp3) is 0.542. The second-order valence-electron chi connectivity index (χ2n) is 9.55. The summed E-state index contributed by atoms with van der Waals surface area (Å²) in [5, 5.41) is 13.4. The Kier molecular flexibility index (Phi) is 6.59. The number of nitrogens with one attached hydrogen (secondary N) is 1. The third-order valence-corrected chi connectivity index (χ3v) is 7.61. The van der Waals surface area contributed by atoms with Gasteiger partial charge in [0, 0.05) is 36.0 Å². The molecule has 1 aliphatic heterocycles. The number of anilines is 3. The van der Waals surface area contributed by atoms with Crippen molar-refractivity contribution in [2.75, 3.05) is 22.2 Å². The van der Waals surface area contributed by atoms with Crippen molar-refractivity contribution in [2.24, 2.45) is 5.73 Å². The van der Waals surface area contributed by atoms with E-state index in [9.17, 15) is 9.90 Å². The van der Waals surface area contributed by atoms with Gasteiger partial charge in [-0.2, -0.15) is 4.98 Å². The summed E-state index contributed by atoms with van der Waals surface area (Å²) in [5.74, 6) is -0.540. The number of halogens is 2. The van der Waals surface area contributed by atoms with Gasteiger partial charge < -0.3 is 20.9 Å². The standard InChI is InChI=1S/C24H30ClFN6O3/c1-35-18-10-17(33)20(26)21(19(18)25)31-12-13-11-28-23(29-15-8-6-14(27)7-9-15)30-22(13)32(24(31)34)16-4-2-3-5-16/h10-11,14-16,33H,2-9,12,27H2,1H3,(H,28,29,30). The third kappa shape index (κ3) is 4.45. The van der Waals surface area contributed by atoms with Gasteiger partial charge >= 0.3 is 6.03 Å². The zero-order chi connectivity index (χ0) is 24.7. The van der Waals surface area contributed by atoms with E-state index in [0.717, 1.165) is 57.4 Å². The van der Waals surface area contributed by atoms with Crippen LogP contribution < -0.4 is 25.6 Å². The molecular weight excluding hydrogens is 475 g/mol. The zero-order valence-corrected chi connectivity index (χ0v) is 20.4. The molecule has 5 rings (SSSR count). The smallest absolute Gasteiger partial charge is 0.330 e. The summed E-state index contributed by atoms with van der Waals surface area (Å²) in [5.41, 5.74) is 6.48. The molecule has 3 aliphatic rings. The molecule has 0 radical (unpaired) electrons. The number of nitrogens with zero attached hydrogens (tertiary/aromatic N) is 4. The van der Waals surface area contributed by atoms with Gasteiger partial charge in [0.1, 0.15) is 22.3 Å². The number of ether oxygens (including phenoxy) is 1. The fourth-order valence-electron chi connectivity index (χ4n) is 5.33. The van der Waals surface area contributed by atoms with Gasteiger partial charge in [-0.15, -0.1) is 0 Å². The Labute approximate surface area is 208 Å². The summed E-state index contributed by atoms with van der Waals surface area (Å²) in [6.07, 6.45) is 9.10. The molecule has 188 valence electrons. The molecule has 9 nitrogen and oxygen atoms in total. The fourth-order valence-corrected chi connectivity index (χ4v) is 5.65. The zero-order valence-electron chi connectivity index (χ0n) is 19.6. The molecule has 4 N–H and O–H groups in total. The molecule has 1 aromatic carbocycles. The lowest BCUT2D eigenvalue weighted by molar-refractivity contribution is 0.247. The molecule has 11 heteroatoms. The van der Waals surface area contributed by atoms with Gasteiger partial charge in [-0.1, -0.05) is 24.4 Å². The number of methoxy groups -OCH3 is 1. The summed E-state index contributed by atoms with van der Waals surface area (Å²) in [7, 11) is 1.36. The van der Waals surface area contributed by atoms with Crippen LogP contribution >= 0.6 is 11.6 Å². The first-order valence-corrected chi connectivity index (χ1v) is 12.5. The minimum atomic E-state index is -0.978. The highest BCUT2D eigenvalue weighted by atomic mass is 35.5. The van der Waals surface area contributed by atoms with Crippen LogP contribution in [0.3, 0.4) is 0 Å². The van der Waals surface area contributed by atoms with Crippen LogP contribution in [0.1, 0.15) is 56.9 Å². The average molecular weight is 505 g/mol. The van der Waals surface area contributed by atoms with Crippen molar-refractivity contribution in [1.82, 2.24) is 9.97 Å². The maximum Gasteiger partial charge on any atom is 0.330 e. The highest BCUT2D eigenvalue weighted by molar-refractivity contribution is 6.35. The number of carbonyl (C=O) groups is 1. The molecule has 2 saturated carbocycles. The van der Waals surface area contributed by atoms with Crippen molar-refractivity contribution in [1.29, 1.82) is 0 Å². The number of hydrogen-bond acceptors (Lipinski definition) is 7. The van der Waals surface area contributed by atoms with Crippen LogP contribution in [0, 0.1) is 5.82 Å². The summed E-state index contributed by atoms with van der Waals surface area (Å²) < 4.78 is 20.3. The summed E-state index contributed by atoms with van der Waals surface area (Å²) in [4.78, 5) is 26.0. The van der Waals surface area contributed by atoms with Crippen molar-refractivity contribution in [3.63, 3.8) is 0 Å². The monoisotopic (exact) mass is 504 g/mol. The van der Waals surface area contributed by atoms with E-state index < -0.39 is 17.6 Å². The van der Waals surface area contributed by atoms with E-state index in [1.165, 1.54) is 12.0 Å². The lowest BCUT2D eigenvalue weighted by Gasteiger charge is -2.39. The Morgan fingerprint density at radius 3 is 2.63 bits per heavy atom. The molecule has 1 aromatic heterocycles. The maximum absolute atomic E-state index is 15.1. The Morgan fingerprint density at radius 2 is 1.94 bits per heavy atom. The van der Waals surface area contributed by atoms with E-state index in [-0.39, 0.29) is 41.1 Å². The van der Waals surface area contributed by atoms with E-state index >= 15 is 4.39 Å². The number of phenolic OH excluding ortho intramolecular Hbond substituents is 1. The van der Waals surface area contributed by atoms with E-state index in [1.54, 1.807) is 11.1 Å². The van der Waals surface area contributed by atoms with Crippen LogP contribution in [-0.4, -0.2) is 46.3 Å². The van der Waals surface area contributed by atoms with E-state index in [1.807, 2.05) is 0 Å². The van der Waals surface area contributed by atoms with Gasteiger partial charge in [-0.25, -0.2) is 14.2 Å². The number of aromatic nitrogens is 2. The molecule has 2 heterocycles. The van der Waals surface area contributed by atoms with Crippen molar-refractivity contribution in [3.05, 3.63) is 28.7 Å². The molecule has 0 atom stereocenters. The Hall–Kier alpha value is -2.85. The maximum atomic E-state index is 15.1. The molecule has 2 amide bonds. The van der Waals surface area contributed by atoms with Crippen molar-refractivity contribution in [2.45, 2.75) is 76.0 Å². The quantitative estimate of drug-likeness (QED) is 0.546. The lowest BCUT2D eigenvalue weighted by atomic mass is 9.92. The van der Waals surface area contributed by atoms with E-state index in [0.29, 0.717) is 17.3 Å². The van der Waals surface area contributed by atoms with Crippen LogP contribution in [0.15, 0.2) is 12.3 Å². The molecular formula is C24H30ClFN6O3. The van der Waals surface area contributed by atoms with Gasteiger partial charge in [-0.3, -0.25) is 9.80 Å². The number of phenols is 1. The summed E-state index contributed by atoms with van der Waals surface area (Å²) in [6, 6.07) is 1.06. The molecule has 2 fully saturated rings. The van der Waals surface area contributed by atoms with E-state index in [4.69, 9.17) is 27.1 Å². The summed E-state index contributed by atoms with van der Waals surface area (Å²) in [6.45, 7) is 0.0131. The van der Waals surface area contributed by atoms with Gasteiger partial charge in [0.2, 0.25) is 5.95 Å². The van der Waals surface area contributed by atoms with Crippen LogP contribution in [0.5, 0.6) is 11.5 Å². The van der Waals surface area contributed by atoms with Crippen LogP contribution in [-0.2, 0) is 6.54 Å². The lowest BCUT2D eigenvalue weighted by Crippen LogP contribution is -2.52. The predicted molar refractivity (Wildman–Crippen MR) is 132 cm³/mol. The number of rotatable bonds is 5. The first-order valence-electron chi connectivity index (χ1n) is 12.1. The van der Waals surface area contributed by atoms with Crippen molar-refractivity contribution >= 4 is 35.1 Å². The number of aromatic hydroxyl groups is 1. The first-order chi connectivity index (χ1) is 16.9. The third-order valence-electron chi connectivity index (χ3n) is 7.24. The van der Waals surface area contributed by atoms with Gasteiger partial charge in [0.05, 0.1) is 13.7 Å². The van der Waals surface area contributed by atoms with E-state index in [2.05, 4.69) is 10.3 Å². The number of urea groups is 1. The molecule has 0 unspecified atom stereocenters. The SMILES string of the molecule is COc1cc(O)c(F)c(N2Cc3cnc(NC4CCC(N)CC4)nc3N(C3CCCC3)C2=O)c1Cl. The highest BCUT2D eigenvalue weighted by Gasteiger charge is 2.41. The topological polar surface area (TPSA) is 117 Å².